The Morgan fingerprint density at radius 1 is 0.947 bits per heavy atom. The van der Waals surface area contributed by atoms with Gasteiger partial charge in [0.05, 0.1) is 12.2 Å². The van der Waals surface area contributed by atoms with Crippen molar-refractivity contribution in [2.24, 2.45) is 0 Å². The summed E-state index contributed by atoms with van der Waals surface area (Å²) in [5.41, 5.74) is 0. The largest absolute Gasteiger partial charge is 0.381 e. The van der Waals surface area contributed by atoms with E-state index in [4.69, 9.17) is 9.47 Å². The molecule has 0 radical (unpaired) electrons. The predicted octanol–water partition coefficient (Wildman–Crippen LogP) is 3.27. The summed E-state index contributed by atoms with van der Waals surface area (Å²) in [5.74, 6) is 0. The molecule has 1 N–H and O–H groups in total. The molecule has 2 unspecified atom stereocenters. The second kappa shape index (κ2) is 8.93. The number of ether oxygens (including phenoxy) is 2. The van der Waals surface area contributed by atoms with Crippen molar-refractivity contribution in [3.8, 4) is 0 Å². The molecule has 2 fully saturated rings. The normalized spacial score (nSPS) is 29.5. The van der Waals surface area contributed by atoms with Crippen LogP contribution in [0.15, 0.2) is 0 Å². The van der Waals surface area contributed by atoms with Gasteiger partial charge in [-0.2, -0.15) is 0 Å². The van der Waals surface area contributed by atoms with Crippen molar-refractivity contribution >= 4 is 0 Å². The summed E-state index contributed by atoms with van der Waals surface area (Å²) in [4.78, 5) is 0. The maximum Gasteiger partial charge on any atom is 0.0586 e. The first kappa shape index (κ1) is 15.3. The molecule has 3 nitrogen and oxygen atoms in total. The molecule has 0 aromatic rings. The predicted molar refractivity (Wildman–Crippen MR) is 78.5 cm³/mol. The minimum absolute atomic E-state index is 0.477. The molecule has 2 aliphatic carbocycles. The number of rotatable bonds is 7. The summed E-state index contributed by atoms with van der Waals surface area (Å²) in [6, 6.07) is 0.661. The van der Waals surface area contributed by atoms with E-state index in [0.717, 1.165) is 19.6 Å². The van der Waals surface area contributed by atoms with Crippen LogP contribution in [0.25, 0.3) is 0 Å². The Labute approximate surface area is 118 Å². The zero-order valence-electron chi connectivity index (χ0n) is 12.5. The third kappa shape index (κ3) is 5.80. The monoisotopic (exact) mass is 269 g/mol. The summed E-state index contributed by atoms with van der Waals surface area (Å²) in [5, 5.41) is 3.66. The van der Waals surface area contributed by atoms with Crippen LogP contribution in [0.1, 0.15) is 64.2 Å². The molecule has 0 aliphatic heterocycles. The first-order valence-corrected chi connectivity index (χ1v) is 8.26. The third-order valence-electron chi connectivity index (χ3n) is 4.62. The second-order valence-electron chi connectivity index (χ2n) is 6.16. The fourth-order valence-corrected chi connectivity index (χ4v) is 3.40. The van der Waals surface area contributed by atoms with E-state index in [9.17, 15) is 0 Å². The molecule has 3 heteroatoms. The van der Waals surface area contributed by atoms with Gasteiger partial charge in [-0.3, -0.25) is 0 Å². The van der Waals surface area contributed by atoms with Crippen LogP contribution in [0.5, 0.6) is 0 Å². The molecule has 0 aromatic heterocycles. The minimum atomic E-state index is 0.477. The lowest BCUT2D eigenvalue weighted by Crippen LogP contribution is -2.37. The first-order valence-electron chi connectivity index (χ1n) is 8.26. The van der Waals surface area contributed by atoms with Gasteiger partial charge in [-0.15, -0.1) is 0 Å². The Hall–Kier alpha value is -0.120. The Morgan fingerprint density at radius 2 is 1.74 bits per heavy atom. The molecule has 112 valence electrons. The second-order valence-corrected chi connectivity index (χ2v) is 6.16. The zero-order chi connectivity index (χ0) is 13.3. The van der Waals surface area contributed by atoms with Crippen molar-refractivity contribution < 1.29 is 9.47 Å². The van der Waals surface area contributed by atoms with Crippen molar-refractivity contribution in [1.82, 2.24) is 5.32 Å². The van der Waals surface area contributed by atoms with E-state index in [1.807, 2.05) is 7.11 Å². The van der Waals surface area contributed by atoms with Crippen molar-refractivity contribution in [3.05, 3.63) is 0 Å². The average Bonchev–Trinajstić information content (AvgIpc) is 2.48. The summed E-state index contributed by atoms with van der Waals surface area (Å²) >= 11 is 0. The molecule has 19 heavy (non-hydrogen) atoms. The van der Waals surface area contributed by atoms with Crippen LogP contribution in [-0.2, 0) is 9.47 Å². The highest BCUT2D eigenvalue weighted by Crippen LogP contribution is 2.21. The van der Waals surface area contributed by atoms with Crippen molar-refractivity contribution in [2.75, 3.05) is 20.3 Å². The van der Waals surface area contributed by atoms with Gasteiger partial charge in [0.2, 0.25) is 0 Å². The molecule has 0 aromatic carbocycles. The van der Waals surface area contributed by atoms with Crippen LogP contribution < -0.4 is 5.32 Å². The zero-order valence-corrected chi connectivity index (χ0v) is 12.5. The van der Waals surface area contributed by atoms with Crippen LogP contribution in [0.3, 0.4) is 0 Å². The van der Waals surface area contributed by atoms with E-state index in [1.54, 1.807) is 0 Å². The first-order chi connectivity index (χ1) is 9.38. The van der Waals surface area contributed by atoms with Crippen LogP contribution in [0.4, 0.5) is 0 Å². The summed E-state index contributed by atoms with van der Waals surface area (Å²) in [6.45, 7) is 2.02. The number of methoxy groups -OCH3 is 1. The van der Waals surface area contributed by atoms with Gasteiger partial charge in [-0.1, -0.05) is 19.3 Å². The van der Waals surface area contributed by atoms with E-state index in [0.29, 0.717) is 18.2 Å². The maximum absolute atomic E-state index is 5.95. The standard InChI is InChI=1S/C16H31NO2/c1-18-16-10-5-7-14(13-16)17-11-6-12-19-15-8-3-2-4-9-15/h14-17H,2-13H2,1H3. The van der Waals surface area contributed by atoms with Crippen LogP contribution >= 0.6 is 0 Å². The number of nitrogens with one attached hydrogen (secondary N) is 1. The Bertz CT molecular complexity index is 229. The van der Waals surface area contributed by atoms with Gasteiger partial charge < -0.3 is 14.8 Å². The van der Waals surface area contributed by atoms with Crippen LogP contribution in [0.2, 0.25) is 0 Å². The topological polar surface area (TPSA) is 30.5 Å². The quantitative estimate of drug-likeness (QED) is 0.720. The maximum atomic E-state index is 5.95. The summed E-state index contributed by atoms with van der Waals surface area (Å²) in [6.07, 6.45) is 13.9. The molecule has 0 saturated heterocycles. The van der Waals surface area contributed by atoms with E-state index in [-0.39, 0.29) is 0 Å². The molecule has 2 aliphatic rings. The van der Waals surface area contributed by atoms with E-state index in [2.05, 4.69) is 5.32 Å². The van der Waals surface area contributed by atoms with Gasteiger partial charge >= 0.3 is 0 Å². The number of hydrogen-bond acceptors (Lipinski definition) is 3. The highest BCUT2D eigenvalue weighted by atomic mass is 16.5. The summed E-state index contributed by atoms with van der Waals surface area (Å²) in [7, 11) is 1.84. The van der Waals surface area contributed by atoms with Crippen molar-refractivity contribution in [3.63, 3.8) is 0 Å². The number of hydrogen-bond donors (Lipinski definition) is 1. The molecule has 0 heterocycles. The van der Waals surface area contributed by atoms with Crippen LogP contribution in [-0.4, -0.2) is 38.5 Å². The van der Waals surface area contributed by atoms with Gasteiger partial charge in [0.1, 0.15) is 0 Å². The molecule has 2 saturated carbocycles. The van der Waals surface area contributed by atoms with Crippen molar-refractivity contribution in [1.29, 1.82) is 0 Å². The fourth-order valence-electron chi connectivity index (χ4n) is 3.40. The van der Waals surface area contributed by atoms with Crippen LogP contribution in [0, 0.1) is 0 Å². The van der Waals surface area contributed by atoms with Gasteiger partial charge in [0, 0.05) is 19.8 Å². The van der Waals surface area contributed by atoms with E-state index in [1.165, 1.54) is 57.8 Å². The Kier molecular flexibility index (Phi) is 7.18. The lowest BCUT2D eigenvalue weighted by Gasteiger charge is -2.29. The lowest BCUT2D eigenvalue weighted by atomic mass is 9.93. The smallest absolute Gasteiger partial charge is 0.0586 e. The fraction of sp³-hybridized carbons (Fsp3) is 1.00. The van der Waals surface area contributed by atoms with Gasteiger partial charge in [-0.25, -0.2) is 0 Å². The third-order valence-corrected chi connectivity index (χ3v) is 4.62. The molecule has 0 bridgehead atoms. The molecule has 2 rings (SSSR count). The molecular formula is C16H31NO2. The Morgan fingerprint density at radius 3 is 2.53 bits per heavy atom. The SMILES string of the molecule is COC1CCCC(NCCCOC2CCCCC2)C1. The van der Waals surface area contributed by atoms with Crippen molar-refractivity contribution in [2.45, 2.75) is 82.5 Å². The molecular weight excluding hydrogens is 238 g/mol. The molecule has 0 spiro atoms. The van der Waals surface area contributed by atoms with Gasteiger partial charge in [-0.05, 0) is 51.5 Å². The summed E-state index contributed by atoms with van der Waals surface area (Å²) < 4.78 is 11.4. The molecule has 0 amide bonds. The average molecular weight is 269 g/mol. The van der Waals surface area contributed by atoms with Gasteiger partial charge in [0.15, 0.2) is 0 Å². The van der Waals surface area contributed by atoms with Gasteiger partial charge in [0.25, 0.3) is 0 Å². The van der Waals surface area contributed by atoms with E-state index < -0.39 is 0 Å². The highest BCUT2D eigenvalue weighted by Gasteiger charge is 2.20. The van der Waals surface area contributed by atoms with E-state index >= 15 is 0 Å². The molecule has 2 atom stereocenters. The lowest BCUT2D eigenvalue weighted by molar-refractivity contribution is 0.0260. The highest BCUT2D eigenvalue weighted by molar-refractivity contribution is 4.78. The Balaban J connectivity index is 1.47. The minimum Gasteiger partial charge on any atom is -0.381 e.